The molecule has 57 heavy (non-hydrogen) atoms. The van der Waals surface area contributed by atoms with Gasteiger partial charge in [-0.05, 0) is 60.6 Å². The fourth-order valence-corrected chi connectivity index (χ4v) is 9.07. The lowest BCUT2D eigenvalue weighted by atomic mass is 9.79. The quantitative estimate of drug-likeness (QED) is 0.144. The summed E-state index contributed by atoms with van der Waals surface area (Å²) in [5, 5.41) is 9.65. The van der Waals surface area contributed by atoms with Crippen LogP contribution in [-0.2, 0) is 35.3 Å². The molecule has 1 aliphatic carbocycles. The van der Waals surface area contributed by atoms with Gasteiger partial charge < -0.3 is 30.2 Å². The van der Waals surface area contributed by atoms with Crippen molar-refractivity contribution in [2.75, 3.05) is 40.4 Å². The van der Waals surface area contributed by atoms with Gasteiger partial charge in [0.05, 0.1) is 24.9 Å². The van der Waals surface area contributed by atoms with Gasteiger partial charge in [-0.1, -0.05) is 41.9 Å². The van der Waals surface area contributed by atoms with Crippen LogP contribution in [0.4, 0.5) is 13.2 Å². The summed E-state index contributed by atoms with van der Waals surface area (Å²) in [6, 6.07) is 14.6. The first-order valence-electron chi connectivity index (χ1n) is 19.2. The van der Waals surface area contributed by atoms with Gasteiger partial charge in [0.25, 0.3) is 0 Å². The fraction of sp³-hybridized carbons (Fsp3) is 0.429. The highest BCUT2D eigenvalue weighted by Gasteiger charge is 2.48. The van der Waals surface area contributed by atoms with Crippen molar-refractivity contribution in [2.45, 2.75) is 69.9 Å². The number of aromatic nitrogens is 2. The molecule has 1 spiro atoms. The Labute approximate surface area is 333 Å². The molecule has 5 heterocycles. The number of pyridine rings is 2. The molecular weight excluding hydrogens is 761 g/mol. The second-order valence-electron chi connectivity index (χ2n) is 15.5. The van der Waals surface area contributed by atoms with E-state index in [1.165, 1.54) is 7.11 Å². The number of alkyl halides is 3. The molecule has 3 fully saturated rings. The molecule has 11 nitrogen and oxygen atoms in total. The van der Waals surface area contributed by atoms with Crippen molar-refractivity contribution in [3.8, 4) is 39.9 Å². The highest BCUT2D eigenvalue weighted by atomic mass is 35.5. The van der Waals surface area contributed by atoms with E-state index in [-0.39, 0.29) is 35.7 Å². The number of hydrogen-bond donors (Lipinski definition) is 3. The summed E-state index contributed by atoms with van der Waals surface area (Å²) in [6.45, 7) is 3.18. The van der Waals surface area contributed by atoms with E-state index in [1.807, 2.05) is 47.4 Å². The van der Waals surface area contributed by atoms with Gasteiger partial charge >= 0.3 is 6.18 Å². The van der Waals surface area contributed by atoms with E-state index in [0.717, 1.165) is 45.9 Å². The van der Waals surface area contributed by atoms with Crippen LogP contribution >= 0.6 is 11.6 Å². The summed E-state index contributed by atoms with van der Waals surface area (Å²) in [6.07, 6.45) is -0.100. The zero-order valence-corrected chi connectivity index (χ0v) is 32.5. The lowest BCUT2D eigenvalue weighted by Gasteiger charge is -2.47. The van der Waals surface area contributed by atoms with Gasteiger partial charge in [-0.2, -0.15) is 18.2 Å². The number of rotatable bonds is 12. The number of nitrogens with zero attached hydrogens (tertiary/aromatic N) is 3. The molecule has 3 N–H and O–H groups in total. The van der Waals surface area contributed by atoms with Crippen molar-refractivity contribution < 1.29 is 37.0 Å². The molecule has 0 saturated carbocycles. The van der Waals surface area contributed by atoms with E-state index in [4.69, 9.17) is 25.8 Å². The molecule has 2 aromatic carbocycles. The van der Waals surface area contributed by atoms with E-state index < -0.39 is 23.7 Å². The third kappa shape index (κ3) is 7.99. The minimum Gasteiger partial charge on any atom is -0.496 e. The maximum absolute atomic E-state index is 14.7. The largest absolute Gasteiger partial charge is 0.496 e. The van der Waals surface area contributed by atoms with Crippen molar-refractivity contribution in [3.05, 3.63) is 87.6 Å². The van der Waals surface area contributed by atoms with Crippen molar-refractivity contribution in [2.24, 2.45) is 5.41 Å². The molecule has 4 aliphatic rings. The molecule has 0 radical (unpaired) electrons. The van der Waals surface area contributed by atoms with Crippen molar-refractivity contribution >= 4 is 23.4 Å². The van der Waals surface area contributed by atoms with Crippen LogP contribution in [0.2, 0.25) is 5.02 Å². The van der Waals surface area contributed by atoms with Crippen molar-refractivity contribution in [1.29, 1.82) is 0 Å². The number of ether oxygens (including phenoxy) is 3. The van der Waals surface area contributed by atoms with Crippen LogP contribution in [0.15, 0.2) is 54.7 Å². The summed E-state index contributed by atoms with van der Waals surface area (Å²) in [5.41, 5.74) is 4.75. The third-order valence-electron chi connectivity index (χ3n) is 11.5. The highest BCUT2D eigenvalue weighted by Crippen LogP contribution is 2.46. The molecule has 300 valence electrons. The van der Waals surface area contributed by atoms with Crippen molar-refractivity contribution in [1.82, 2.24) is 30.8 Å². The van der Waals surface area contributed by atoms with Crippen LogP contribution in [-0.4, -0.2) is 73.1 Å². The molecular formula is C42H44ClF3N6O5. The Balaban J connectivity index is 1.03. The van der Waals surface area contributed by atoms with Gasteiger partial charge in [0, 0.05) is 92.0 Å². The van der Waals surface area contributed by atoms with E-state index >= 15 is 0 Å². The van der Waals surface area contributed by atoms with Crippen LogP contribution < -0.4 is 30.2 Å². The number of halogens is 4. The van der Waals surface area contributed by atoms with E-state index in [0.29, 0.717) is 86.9 Å². The first-order chi connectivity index (χ1) is 27.4. The molecule has 0 unspecified atom stereocenters. The first kappa shape index (κ1) is 38.9. The monoisotopic (exact) mass is 804 g/mol. The number of amides is 2. The second-order valence-corrected chi connectivity index (χ2v) is 15.8. The predicted molar refractivity (Wildman–Crippen MR) is 207 cm³/mol. The van der Waals surface area contributed by atoms with Gasteiger partial charge in [0.1, 0.15) is 17.4 Å². The Morgan fingerprint density at radius 3 is 2.54 bits per heavy atom. The molecule has 15 heteroatoms. The summed E-state index contributed by atoms with van der Waals surface area (Å²) in [7, 11) is 3.00. The molecule has 3 saturated heterocycles. The SMILES string of the molecule is COc1cc(-c2nccc(-c3cccc4c3CCC[C@H]4Oc3nc(OC)c(CN4CC5(CNC(=O)C5)C4)cc3C(F)(F)F)c2Cl)ccc1CNC[C@H]1CCC(=O)N1. The molecule has 4 aromatic rings. The molecule has 3 aliphatic heterocycles. The maximum Gasteiger partial charge on any atom is 0.421 e. The Kier molecular flexibility index (Phi) is 10.8. The van der Waals surface area contributed by atoms with Gasteiger partial charge in [-0.15, -0.1) is 0 Å². The number of hydrogen-bond acceptors (Lipinski definition) is 9. The number of methoxy groups -OCH3 is 2. The molecule has 2 amide bonds. The Morgan fingerprint density at radius 2 is 1.82 bits per heavy atom. The number of benzene rings is 2. The Bertz CT molecular complexity index is 2200. The van der Waals surface area contributed by atoms with Crippen LogP contribution in [0.25, 0.3) is 22.4 Å². The van der Waals surface area contributed by atoms with Gasteiger partial charge in [0.2, 0.25) is 23.6 Å². The number of fused-ring (bicyclic) bond motifs is 1. The van der Waals surface area contributed by atoms with Crippen LogP contribution in [0.3, 0.4) is 0 Å². The molecule has 0 bridgehead atoms. The smallest absolute Gasteiger partial charge is 0.421 e. The number of likely N-dealkylation sites (tertiary alicyclic amines) is 1. The summed E-state index contributed by atoms with van der Waals surface area (Å²) < 4.78 is 61.5. The van der Waals surface area contributed by atoms with Crippen molar-refractivity contribution in [3.63, 3.8) is 0 Å². The van der Waals surface area contributed by atoms with E-state index in [9.17, 15) is 22.8 Å². The highest BCUT2D eigenvalue weighted by molar-refractivity contribution is 6.35. The minimum atomic E-state index is -4.73. The zero-order chi connectivity index (χ0) is 39.9. The topological polar surface area (TPSA) is 127 Å². The minimum absolute atomic E-state index is 0.000697. The van der Waals surface area contributed by atoms with E-state index in [2.05, 4.69) is 25.9 Å². The standard InChI is InChI=1S/C42H44ClF3N6O5/c1-55-34-16-24(9-10-25(34)18-47-19-27-11-12-35(53)50-27)38-37(43)31(13-14-48-38)29-5-3-7-30-28(29)6-4-8-33(30)57-40-32(42(44,45)46)15-26(39(51-40)56-2)20-52-22-41(23-52)17-36(54)49-21-41/h3,5,7,9-10,13-16,27,33,47H,4,6,8,11-12,17-23H2,1-2H3,(H,49,54)(H,50,53)/t27-,33-/m1/s1. The molecule has 2 aromatic heterocycles. The first-order valence-corrected chi connectivity index (χ1v) is 19.6. The predicted octanol–water partition coefficient (Wildman–Crippen LogP) is 6.65. The summed E-state index contributed by atoms with van der Waals surface area (Å²) in [4.78, 5) is 34.3. The summed E-state index contributed by atoms with van der Waals surface area (Å²) in [5.74, 6) is 0.287. The van der Waals surface area contributed by atoms with Gasteiger partial charge in [0.15, 0.2) is 0 Å². The lowest BCUT2D eigenvalue weighted by molar-refractivity contribution is -0.140. The lowest BCUT2D eigenvalue weighted by Crippen LogP contribution is -2.56. The van der Waals surface area contributed by atoms with Crippen LogP contribution in [0, 0.1) is 5.41 Å². The third-order valence-corrected chi connectivity index (χ3v) is 11.9. The average Bonchev–Trinajstić information content (AvgIpc) is 3.79. The van der Waals surface area contributed by atoms with Crippen LogP contribution in [0.1, 0.15) is 66.0 Å². The average molecular weight is 805 g/mol. The molecule has 2 atom stereocenters. The normalized spacial score (nSPS) is 20.2. The number of nitrogens with one attached hydrogen (secondary N) is 3. The van der Waals surface area contributed by atoms with Gasteiger partial charge in [-0.25, -0.2) is 0 Å². The Morgan fingerprint density at radius 1 is 0.982 bits per heavy atom. The molecule has 8 rings (SSSR count). The van der Waals surface area contributed by atoms with Gasteiger partial charge in [-0.3, -0.25) is 19.5 Å². The Hall–Kier alpha value is -4.92. The zero-order valence-electron chi connectivity index (χ0n) is 31.7. The van der Waals surface area contributed by atoms with E-state index in [1.54, 1.807) is 13.3 Å². The summed E-state index contributed by atoms with van der Waals surface area (Å²) >= 11 is 7.15. The number of carbonyl (C=O) groups excluding carboxylic acids is 2. The second kappa shape index (κ2) is 15.8. The number of carbonyl (C=O) groups is 2. The fourth-order valence-electron chi connectivity index (χ4n) is 8.75. The maximum atomic E-state index is 14.7. The van der Waals surface area contributed by atoms with Crippen LogP contribution in [0.5, 0.6) is 17.5 Å².